The van der Waals surface area contributed by atoms with Crippen LogP contribution in [0.1, 0.15) is 37.8 Å². The van der Waals surface area contributed by atoms with Gasteiger partial charge >= 0.3 is 0 Å². The molecule has 1 aliphatic carbocycles. The SMILES string of the molecule is CC(C)(C)C1C=CCc2cc3ccccc3cc21. The van der Waals surface area contributed by atoms with E-state index in [9.17, 15) is 0 Å². The Morgan fingerprint density at radius 2 is 1.67 bits per heavy atom. The van der Waals surface area contributed by atoms with Crippen LogP contribution in [0.25, 0.3) is 10.8 Å². The molecule has 18 heavy (non-hydrogen) atoms. The normalized spacial score (nSPS) is 18.9. The van der Waals surface area contributed by atoms with Gasteiger partial charge in [0.05, 0.1) is 0 Å². The summed E-state index contributed by atoms with van der Waals surface area (Å²) in [6.45, 7) is 6.98. The Morgan fingerprint density at radius 1 is 1.00 bits per heavy atom. The van der Waals surface area contributed by atoms with Gasteiger partial charge in [-0.15, -0.1) is 0 Å². The van der Waals surface area contributed by atoms with Crippen molar-refractivity contribution in [3.8, 4) is 0 Å². The van der Waals surface area contributed by atoms with Crippen LogP contribution in [-0.2, 0) is 6.42 Å². The molecule has 0 nitrogen and oxygen atoms in total. The summed E-state index contributed by atoms with van der Waals surface area (Å²) in [5, 5.41) is 2.72. The fourth-order valence-electron chi connectivity index (χ4n) is 2.96. The minimum atomic E-state index is 0.286. The van der Waals surface area contributed by atoms with Crippen LogP contribution in [0.5, 0.6) is 0 Å². The zero-order valence-corrected chi connectivity index (χ0v) is 11.4. The van der Waals surface area contributed by atoms with Gasteiger partial charge in [-0.3, -0.25) is 0 Å². The highest BCUT2D eigenvalue weighted by Gasteiger charge is 2.27. The first-order chi connectivity index (χ1) is 8.55. The molecule has 0 radical (unpaired) electrons. The molecule has 1 unspecified atom stereocenters. The zero-order valence-electron chi connectivity index (χ0n) is 11.4. The highest BCUT2D eigenvalue weighted by molar-refractivity contribution is 5.84. The van der Waals surface area contributed by atoms with Gasteiger partial charge in [-0.25, -0.2) is 0 Å². The molecule has 0 aromatic heterocycles. The first-order valence-electron chi connectivity index (χ1n) is 6.74. The molecule has 0 fully saturated rings. The first kappa shape index (κ1) is 11.5. The Bertz CT molecular complexity index is 611. The van der Waals surface area contributed by atoms with E-state index in [1.807, 2.05) is 0 Å². The average molecular weight is 236 g/mol. The number of rotatable bonds is 0. The lowest BCUT2D eigenvalue weighted by Gasteiger charge is -2.32. The highest BCUT2D eigenvalue weighted by atomic mass is 14.3. The second-order valence-electron chi connectivity index (χ2n) is 6.37. The minimum absolute atomic E-state index is 0.286. The minimum Gasteiger partial charge on any atom is -0.0835 e. The molecule has 0 aliphatic heterocycles. The molecule has 0 saturated heterocycles. The van der Waals surface area contributed by atoms with Crippen LogP contribution in [0.4, 0.5) is 0 Å². The number of hydrogen-bond donors (Lipinski definition) is 0. The second kappa shape index (κ2) is 3.98. The van der Waals surface area contributed by atoms with E-state index in [-0.39, 0.29) is 5.41 Å². The summed E-state index contributed by atoms with van der Waals surface area (Å²) < 4.78 is 0. The standard InChI is InChI=1S/C18H20/c1-18(2,3)17-10-6-9-15-11-13-7-4-5-8-14(13)12-16(15)17/h4-8,10-12,17H,9H2,1-3H3. The topological polar surface area (TPSA) is 0 Å². The van der Waals surface area contributed by atoms with Crippen LogP contribution >= 0.6 is 0 Å². The Kier molecular flexibility index (Phi) is 2.55. The van der Waals surface area contributed by atoms with Gasteiger partial charge in [0.2, 0.25) is 0 Å². The van der Waals surface area contributed by atoms with Gasteiger partial charge in [-0.2, -0.15) is 0 Å². The van der Waals surface area contributed by atoms with E-state index in [0.29, 0.717) is 5.92 Å². The molecular formula is C18H20. The Balaban J connectivity index is 2.22. The molecule has 3 rings (SSSR count). The number of fused-ring (bicyclic) bond motifs is 2. The molecule has 0 spiro atoms. The third kappa shape index (κ3) is 1.86. The van der Waals surface area contributed by atoms with Crippen molar-refractivity contribution in [1.29, 1.82) is 0 Å². The van der Waals surface area contributed by atoms with Gasteiger partial charge in [0, 0.05) is 5.92 Å². The van der Waals surface area contributed by atoms with E-state index < -0.39 is 0 Å². The van der Waals surface area contributed by atoms with E-state index in [2.05, 4.69) is 69.3 Å². The molecule has 0 saturated carbocycles. The van der Waals surface area contributed by atoms with E-state index in [1.165, 1.54) is 21.9 Å². The van der Waals surface area contributed by atoms with E-state index >= 15 is 0 Å². The summed E-state index contributed by atoms with van der Waals surface area (Å²) in [5.74, 6) is 0.533. The van der Waals surface area contributed by atoms with Crippen LogP contribution in [0, 0.1) is 5.41 Å². The maximum Gasteiger partial charge on any atom is 0.00697 e. The molecular weight excluding hydrogens is 216 g/mol. The molecule has 92 valence electrons. The van der Waals surface area contributed by atoms with Crippen molar-refractivity contribution < 1.29 is 0 Å². The maximum absolute atomic E-state index is 2.39. The van der Waals surface area contributed by atoms with Crippen molar-refractivity contribution in [2.75, 3.05) is 0 Å². The molecule has 0 amide bonds. The summed E-state index contributed by atoms with van der Waals surface area (Å²) in [6, 6.07) is 13.4. The van der Waals surface area contributed by atoms with Gasteiger partial charge in [0.15, 0.2) is 0 Å². The molecule has 0 heteroatoms. The maximum atomic E-state index is 2.39. The lowest BCUT2D eigenvalue weighted by molar-refractivity contribution is 0.363. The number of benzene rings is 2. The van der Waals surface area contributed by atoms with Gasteiger partial charge in [0.1, 0.15) is 0 Å². The Morgan fingerprint density at radius 3 is 2.33 bits per heavy atom. The number of allylic oxidation sites excluding steroid dienone is 2. The lowest BCUT2D eigenvalue weighted by Crippen LogP contribution is -2.20. The summed E-state index contributed by atoms with van der Waals surface area (Å²) in [4.78, 5) is 0. The van der Waals surface area contributed by atoms with Crippen LogP contribution in [-0.4, -0.2) is 0 Å². The Hall–Kier alpha value is -1.56. The molecule has 1 atom stereocenters. The van der Waals surface area contributed by atoms with Gasteiger partial charge in [-0.1, -0.05) is 69.3 Å². The van der Waals surface area contributed by atoms with Crippen molar-refractivity contribution in [1.82, 2.24) is 0 Å². The van der Waals surface area contributed by atoms with Crippen LogP contribution in [0.3, 0.4) is 0 Å². The van der Waals surface area contributed by atoms with E-state index in [1.54, 1.807) is 0 Å². The monoisotopic (exact) mass is 236 g/mol. The van der Waals surface area contributed by atoms with Gasteiger partial charge < -0.3 is 0 Å². The largest absolute Gasteiger partial charge is 0.0835 e. The first-order valence-corrected chi connectivity index (χ1v) is 6.74. The molecule has 0 bridgehead atoms. The molecule has 0 heterocycles. The van der Waals surface area contributed by atoms with Crippen molar-refractivity contribution >= 4 is 10.8 Å². The quantitative estimate of drug-likeness (QED) is 0.559. The molecule has 2 aromatic carbocycles. The van der Waals surface area contributed by atoms with E-state index in [4.69, 9.17) is 0 Å². The summed E-state index contributed by atoms with van der Waals surface area (Å²) in [6.07, 6.45) is 5.79. The van der Waals surface area contributed by atoms with Crippen molar-refractivity contribution in [2.45, 2.75) is 33.1 Å². The van der Waals surface area contributed by atoms with Crippen LogP contribution < -0.4 is 0 Å². The summed E-state index contributed by atoms with van der Waals surface area (Å²) >= 11 is 0. The lowest BCUT2D eigenvalue weighted by atomic mass is 9.72. The second-order valence-corrected chi connectivity index (χ2v) is 6.37. The van der Waals surface area contributed by atoms with Gasteiger partial charge in [-0.05, 0) is 33.7 Å². The molecule has 1 aliphatic rings. The number of hydrogen-bond acceptors (Lipinski definition) is 0. The van der Waals surface area contributed by atoms with Crippen molar-refractivity contribution in [3.05, 3.63) is 59.7 Å². The Labute approximate surface area is 109 Å². The third-order valence-electron chi connectivity index (χ3n) is 3.94. The van der Waals surface area contributed by atoms with Crippen LogP contribution in [0.15, 0.2) is 48.6 Å². The molecule has 2 aromatic rings. The fraction of sp³-hybridized carbons (Fsp3) is 0.333. The van der Waals surface area contributed by atoms with Crippen molar-refractivity contribution in [3.63, 3.8) is 0 Å². The zero-order chi connectivity index (χ0) is 12.8. The predicted molar refractivity (Wildman–Crippen MR) is 79.0 cm³/mol. The highest BCUT2D eigenvalue weighted by Crippen LogP contribution is 2.41. The summed E-state index contributed by atoms with van der Waals surface area (Å²) in [7, 11) is 0. The average Bonchev–Trinajstić information content (AvgIpc) is 2.34. The summed E-state index contributed by atoms with van der Waals surface area (Å²) in [5.41, 5.74) is 3.30. The van der Waals surface area contributed by atoms with Crippen molar-refractivity contribution in [2.24, 2.45) is 5.41 Å². The van der Waals surface area contributed by atoms with Gasteiger partial charge in [0.25, 0.3) is 0 Å². The predicted octanol–water partition coefficient (Wildman–Crippen LogP) is 5.08. The van der Waals surface area contributed by atoms with Crippen LogP contribution in [0.2, 0.25) is 0 Å². The molecule has 0 N–H and O–H groups in total. The smallest absolute Gasteiger partial charge is 0.00697 e. The third-order valence-corrected chi connectivity index (χ3v) is 3.94. The van der Waals surface area contributed by atoms with E-state index in [0.717, 1.165) is 6.42 Å². The fourth-order valence-corrected chi connectivity index (χ4v) is 2.96.